The monoisotopic (exact) mass is 458 g/mol. The molecule has 2 aliphatic rings. The van der Waals surface area contributed by atoms with Crippen molar-refractivity contribution in [2.24, 2.45) is 0 Å². The van der Waals surface area contributed by atoms with Gasteiger partial charge in [-0.15, -0.1) is 0 Å². The van der Waals surface area contributed by atoms with Crippen molar-refractivity contribution in [1.29, 1.82) is 0 Å². The second-order valence-corrected chi connectivity index (χ2v) is 8.27. The molecule has 4 atom stereocenters. The zero-order chi connectivity index (χ0) is 22.9. The minimum absolute atomic E-state index is 0.157. The molecule has 4 rings (SSSR count). The molecule has 0 bridgehead atoms. The van der Waals surface area contributed by atoms with Crippen molar-refractivity contribution < 1.29 is 33.2 Å². The van der Waals surface area contributed by atoms with Gasteiger partial charge < -0.3 is 33.2 Å². The van der Waals surface area contributed by atoms with E-state index in [1.165, 1.54) is 11.1 Å². The number of ether oxygens (including phenoxy) is 7. The van der Waals surface area contributed by atoms with Crippen LogP contribution in [-0.2, 0) is 23.7 Å². The van der Waals surface area contributed by atoms with Gasteiger partial charge in [-0.1, -0.05) is 24.3 Å². The number of methoxy groups -OCH3 is 2. The lowest BCUT2D eigenvalue weighted by molar-refractivity contribution is -0.160. The molecule has 7 heteroatoms. The van der Waals surface area contributed by atoms with Crippen LogP contribution in [-0.4, -0.2) is 66.1 Å². The fourth-order valence-corrected chi connectivity index (χ4v) is 3.97. The van der Waals surface area contributed by atoms with E-state index in [9.17, 15) is 0 Å². The lowest BCUT2D eigenvalue weighted by Gasteiger charge is -2.36. The van der Waals surface area contributed by atoms with E-state index < -0.39 is 0 Å². The zero-order valence-electron chi connectivity index (χ0n) is 19.4. The van der Waals surface area contributed by atoms with Crippen LogP contribution in [0.3, 0.4) is 0 Å². The highest BCUT2D eigenvalue weighted by Gasteiger charge is 2.32. The van der Waals surface area contributed by atoms with Gasteiger partial charge in [-0.25, -0.2) is 0 Å². The first kappa shape index (κ1) is 24.0. The molecule has 2 saturated heterocycles. The Kier molecular flexibility index (Phi) is 8.97. The van der Waals surface area contributed by atoms with Gasteiger partial charge in [0.15, 0.2) is 0 Å². The lowest BCUT2D eigenvalue weighted by Crippen LogP contribution is -2.35. The van der Waals surface area contributed by atoms with Crippen molar-refractivity contribution in [2.75, 3.05) is 53.9 Å². The first-order valence-electron chi connectivity index (χ1n) is 11.6. The third kappa shape index (κ3) is 6.91. The van der Waals surface area contributed by atoms with Gasteiger partial charge in [0.05, 0.1) is 78.3 Å². The highest BCUT2D eigenvalue weighted by atomic mass is 16.6. The van der Waals surface area contributed by atoms with E-state index in [0.29, 0.717) is 39.6 Å². The van der Waals surface area contributed by atoms with Crippen molar-refractivity contribution in [1.82, 2.24) is 0 Å². The van der Waals surface area contributed by atoms with Crippen molar-refractivity contribution in [3.05, 3.63) is 59.7 Å². The summed E-state index contributed by atoms with van der Waals surface area (Å²) in [7, 11) is 3.34. The molecule has 33 heavy (non-hydrogen) atoms. The normalized spacial score (nSPS) is 24.1. The molecule has 180 valence electrons. The third-order valence-corrected chi connectivity index (χ3v) is 5.99. The van der Waals surface area contributed by atoms with Gasteiger partial charge in [0.2, 0.25) is 0 Å². The molecule has 0 saturated carbocycles. The second-order valence-electron chi connectivity index (χ2n) is 8.27. The summed E-state index contributed by atoms with van der Waals surface area (Å²) in [5, 5.41) is 0. The van der Waals surface area contributed by atoms with E-state index >= 15 is 0 Å². The van der Waals surface area contributed by atoms with E-state index in [0.717, 1.165) is 24.3 Å². The molecule has 0 radical (unpaired) electrons. The summed E-state index contributed by atoms with van der Waals surface area (Å²) in [6.07, 6.45) is 2.58. The molecular weight excluding hydrogens is 424 g/mol. The summed E-state index contributed by atoms with van der Waals surface area (Å²) in [6.45, 7) is 3.42. The molecule has 4 unspecified atom stereocenters. The highest BCUT2D eigenvalue weighted by Crippen LogP contribution is 2.36. The number of rotatable bonds is 14. The molecule has 2 aromatic rings. The smallest absolute Gasteiger partial charge is 0.118 e. The standard InChI is InChI=1S/C26H34O7/c1-27-21-7-3-19(4-8-21)25-15-23(32-25)17-30-13-11-29-12-14-31-18-24-16-26(33-24)20-5-9-22(28-2)10-6-20/h3-10,23-26H,11-18H2,1-2H3. The molecular formula is C26H34O7. The summed E-state index contributed by atoms with van der Waals surface area (Å²) < 4.78 is 39.1. The molecule has 0 N–H and O–H groups in total. The first-order valence-corrected chi connectivity index (χ1v) is 11.6. The zero-order valence-corrected chi connectivity index (χ0v) is 19.4. The van der Waals surface area contributed by atoms with Crippen LogP contribution >= 0.6 is 0 Å². The predicted molar refractivity (Wildman–Crippen MR) is 123 cm³/mol. The number of hydrogen-bond donors (Lipinski definition) is 0. The van der Waals surface area contributed by atoms with Crippen molar-refractivity contribution in [2.45, 2.75) is 37.3 Å². The average molecular weight is 459 g/mol. The minimum Gasteiger partial charge on any atom is -0.497 e. The Morgan fingerprint density at radius 3 is 1.33 bits per heavy atom. The van der Waals surface area contributed by atoms with Gasteiger partial charge in [0, 0.05) is 12.8 Å². The summed E-state index contributed by atoms with van der Waals surface area (Å²) in [6, 6.07) is 16.0. The molecule has 0 amide bonds. The molecule has 0 aliphatic carbocycles. The average Bonchev–Trinajstić information content (AvgIpc) is 2.80. The molecule has 2 fully saturated rings. The summed E-state index contributed by atoms with van der Waals surface area (Å²) >= 11 is 0. The van der Waals surface area contributed by atoms with Crippen LogP contribution < -0.4 is 9.47 Å². The van der Waals surface area contributed by atoms with Crippen LogP contribution in [0, 0.1) is 0 Å². The van der Waals surface area contributed by atoms with Crippen LogP contribution in [0.1, 0.15) is 36.2 Å². The predicted octanol–water partition coefficient (Wildman–Crippen LogP) is 4.11. The van der Waals surface area contributed by atoms with Crippen molar-refractivity contribution >= 4 is 0 Å². The first-order chi connectivity index (χ1) is 16.2. The SMILES string of the molecule is COc1ccc(C2CC(COCCOCCOCC3CC(c4ccc(OC)cc4)O3)O2)cc1. The summed E-state index contributed by atoms with van der Waals surface area (Å²) in [4.78, 5) is 0. The molecule has 2 aromatic carbocycles. The van der Waals surface area contributed by atoms with Crippen molar-refractivity contribution in [3.8, 4) is 11.5 Å². The Hall–Kier alpha value is -2.16. The molecule has 0 spiro atoms. The summed E-state index contributed by atoms with van der Waals surface area (Å²) in [5.41, 5.74) is 2.36. The van der Waals surface area contributed by atoms with Gasteiger partial charge in [-0.2, -0.15) is 0 Å². The largest absolute Gasteiger partial charge is 0.497 e. The van der Waals surface area contributed by atoms with Gasteiger partial charge in [0.1, 0.15) is 11.5 Å². The fraction of sp³-hybridized carbons (Fsp3) is 0.538. The Morgan fingerprint density at radius 2 is 0.970 bits per heavy atom. The van der Waals surface area contributed by atoms with Crippen LogP contribution in [0.2, 0.25) is 0 Å². The Labute approximate surface area is 195 Å². The van der Waals surface area contributed by atoms with Crippen molar-refractivity contribution in [3.63, 3.8) is 0 Å². The third-order valence-electron chi connectivity index (χ3n) is 5.99. The molecule has 2 heterocycles. The van der Waals surface area contributed by atoms with Gasteiger partial charge >= 0.3 is 0 Å². The number of hydrogen-bond acceptors (Lipinski definition) is 7. The van der Waals surface area contributed by atoms with Crippen LogP contribution in [0.15, 0.2) is 48.5 Å². The van der Waals surface area contributed by atoms with Gasteiger partial charge in [0.25, 0.3) is 0 Å². The lowest BCUT2D eigenvalue weighted by atomic mass is 9.98. The minimum atomic E-state index is 0.157. The Morgan fingerprint density at radius 1 is 0.606 bits per heavy atom. The molecule has 7 nitrogen and oxygen atoms in total. The highest BCUT2D eigenvalue weighted by molar-refractivity contribution is 5.30. The molecule has 2 aliphatic heterocycles. The van der Waals surface area contributed by atoms with Crippen LogP contribution in [0.4, 0.5) is 0 Å². The van der Waals surface area contributed by atoms with Gasteiger partial charge in [-0.05, 0) is 35.4 Å². The van der Waals surface area contributed by atoms with E-state index in [2.05, 4.69) is 0 Å². The topological polar surface area (TPSA) is 64.6 Å². The van der Waals surface area contributed by atoms with E-state index in [1.54, 1.807) is 14.2 Å². The fourth-order valence-electron chi connectivity index (χ4n) is 3.97. The van der Waals surface area contributed by atoms with Gasteiger partial charge in [-0.3, -0.25) is 0 Å². The Bertz CT molecular complexity index is 742. The van der Waals surface area contributed by atoms with Crippen LogP contribution in [0.5, 0.6) is 11.5 Å². The molecule has 0 aromatic heterocycles. The van der Waals surface area contributed by atoms with Crippen LogP contribution in [0.25, 0.3) is 0 Å². The summed E-state index contributed by atoms with van der Waals surface area (Å²) in [5.74, 6) is 1.72. The second kappa shape index (κ2) is 12.3. The quantitative estimate of drug-likeness (QED) is 0.395. The maximum atomic E-state index is 5.90. The maximum Gasteiger partial charge on any atom is 0.118 e. The maximum absolute atomic E-state index is 5.90. The van der Waals surface area contributed by atoms with E-state index in [1.807, 2.05) is 48.5 Å². The number of benzene rings is 2. The Balaban J connectivity index is 0.941. The van der Waals surface area contributed by atoms with E-state index in [-0.39, 0.29) is 24.4 Å². The van der Waals surface area contributed by atoms with E-state index in [4.69, 9.17) is 33.2 Å².